The zero-order chi connectivity index (χ0) is 22.8. The Morgan fingerprint density at radius 1 is 1.22 bits per heavy atom. The second-order valence-corrected chi connectivity index (χ2v) is 8.72. The molecule has 1 amide bonds. The van der Waals surface area contributed by atoms with Gasteiger partial charge in [0.05, 0.1) is 42.8 Å². The Kier molecular flexibility index (Phi) is 6.43. The van der Waals surface area contributed by atoms with Crippen LogP contribution in [0.15, 0.2) is 42.7 Å². The van der Waals surface area contributed by atoms with Crippen LogP contribution < -0.4 is 0 Å². The van der Waals surface area contributed by atoms with Gasteiger partial charge in [0.1, 0.15) is 0 Å². The number of amides is 1. The van der Waals surface area contributed by atoms with Crippen LogP contribution in [0.2, 0.25) is 0 Å². The summed E-state index contributed by atoms with van der Waals surface area (Å²) in [5.74, 6) is 0.0877. The maximum Gasteiger partial charge on any atom is 0.227 e. The highest BCUT2D eigenvalue weighted by Crippen LogP contribution is 2.31. The number of rotatable bonds is 6. The third-order valence-electron chi connectivity index (χ3n) is 6.05. The third-order valence-corrected chi connectivity index (χ3v) is 6.05. The Balaban J connectivity index is 1.62. The van der Waals surface area contributed by atoms with Crippen LogP contribution in [0.4, 0.5) is 0 Å². The van der Waals surface area contributed by atoms with E-state index in [9.17, 15) is 4.79 Å². The van der Waals surface area contributed by atoms with Crippen LogP contribution in [0.25, 0.3) is 5.69 Å². The van der Waals surface area contributed by atoms with Crippen molar-refractivity contribution < 1.29 is 9.53 Å². The molecule has 2 atom stereocenters. The van der Waals surface area contributed by atoms with Gasteiger partial charge in [-0.15, -0.1) is 0 Å². The van der Waals surface area contributed by atoms with Crippen molar-refractivity contribution in [1.82, 2.24) is 29.4 Å². The van der Waals surface area contributed by atoms with Crippen molar-refractivity contribution in [3.05, 3.63) is 65.2 Å². The zero-order valence-electron chi connectivity index (χ0n) is 19.5. The molecule has 1 aliphatic heterocycles. The van der Waals surface area contributed by atoms with Crippen LogP contribution >= 0.6 is 0 Å². The van der Waals surface area contributed by atoms with E-state index in [1.165, 1.54) is 0 Å². The SMILES string of the molecule is Cc1nn(-c2ccccc2)c(C)c1CC(=O)N1CCO[C@@H](CN(C)C)[C@@H]1c1cnn(C)c1. The summed E-state index contributed by atoms with van der Waals surface area (Å²) in [6.07, 6.45) is 4.02. The highest BCUT2D eigenvalue weighted by atomic mass is 16.5. The first kappa shape index (κ1) is 22.2. The number of carbonyl (C=O) groups excluding carboxylic acids is 1. The fourth-order valence-electron chi connectivity index (χ4n) is 4.52. The molecule has 8 heteroatoms. The van der Waals surface area contributed by atoms with Crippen LogP contribution in [0.3, 0.4) is 0 Å². The third kappa shape index (κ3) is 4.47. The van der Waals surface area contributed by atoms with Crippen LogP contribution in [-0.2, 0) is 23.0 Å². The molecular formula is C24H32N6O2. The molecule has 1 fully saturated rings. The molecule has 8 nitrogen and oxygen atoms in total. The topological polar surface area (TPSA) is 68.4 Å². The first-order chi connectivity index (χ1) is 15.3. The number of ether oxygens (including phenoxy) is 1. The highest BCUT2D eigenvalue weighted by Gasteiger charge is 2.37. The van der Waals surface area contributed by atoms with E-state index < -0.39 is 0 Å². The van der Waals surface area contributed by atoms with Gasteiger partial charge in [-0.2, -0.15) is 10.2 Å². The summed E-state index contributed by atoms with van der Waals surface area (Å²) in [5, 5.41) is 9.06. The van der Waals surface area contributed by atoms with Crippen molar-refractivity contribution >= 4 is 5.91 Å². The molecule has 1 aliphatic rings. The first-order valence-corrected chi connectivity index (χ1v) is 11.0. The minimum absolute atomic E-state index is 0.0877. The average Bonchev–Trinajstić information content (AvgIpc) is 3.32. The summed E-state index contributed by atoms with van der Waals surface area (Å²) in [6, 6.07) is 9.86. The van der Waals surface area contributed by atoms with E-state index in [2.05, 4.69) is 10.00 Å². The molecule has 3 aromatic rings. The van der Waals surface area contributed by atoms with Gasteiger partial charge in [0.15, 0.2) is 0 Å². The Labute approximate surface area is 189 Å². The maximum absolute atomic E-state index is 13.6. The molecule has 0 saturated carbocycles. The quantitative estimate of drug-likeness (QED) is 0.593. The molecule has 0 N–H and O–H groups in total. The molecule has 0 unspecified atom stereocenters. The summed E-state index contributed by atoms with van der Waals surface area (Å²) < 4.78 is 9.81. The van der Waals surface area contributed by atoms with Gasteiger partial charge in [-0.25, -0.2) is 4.68 Å². The molecule has 4 rings (SSSR count). The molecule has 0 radical (unpaired) electrons. The van der Waals surface area contributed by atoms with Gasteiger partial charge in [0.25, 0.3) is 0 Å². The number of hydrogen-bond acceptors (Lipinski definition) is 5. The van der Waals surface area contributed by atoms with Crippen molar-refractivity contribution in [1.29, 1.82) is 0 Å². The number of aryl methyl sites for hydroxylation is 2. The Hall–Kier alpha value is -2.97. The smallest absolute Gasteiger partial charge is 0.227 e. The summed E-state index contributed by atoms with van der Waals surface area (Å²) in [7, 11) is 5.94. The van der Waals surface area contributed by atoms with Gasteiger partial charge >= 0.3 is 0 Å². The molecule has 0 aliphatic carbocycles. The summed E-state index contributed by atoms with van der Waals surface area (Å²) >= 11 is 0. The summed E-state index contributed by atoms with van der Waals surface area (Å²) in [5.41, 5.74) is 4.87. The van der Waals surface area contributed by atoms with Crippen molar-refractivity contribution in [3.63, 3.8) is 0 Å². The number of para-hydroxylation sites is 1. The van der Waals surface area contributed by atoms with Crippen LogP contribution in [0.5, 0.6) is 0 Å². The molecule has 3 heterocycles. The molecule has 0 bridgehead atoms. The Morgan fingerprint density at radius 2 is 1.97 bits per heavy atom. The zero-order valence-corrected chi connectivity index (χ0v) is 19.5. The predicted molar refractivity (Wildman–Crippen MR) is 123 cm³/mol. The maximum atomic E-state index is 13.6. The van der Waals surface area contributed by atoms with Crippen molar-refractivity contribution in [3.8, 4) is 5.69 Å². The minimum atomic E-state index is -0.169. The van der Waals surface area contributed by atoms with Crippen molar-refractivity contribution in [2.24, 2.45) is 7.05 Å². The summed E-state index contributed by atoms with van der Waals surface area (Å²) in [4.78, 5) is 17.7. The standard InChI is InChI=1S/C24H32N6O2/c1-17-21(18(2)30(26-17)20-9-7-6-8-10-20)13-23(31)29-11-12-32-22(16-27(3)4)24(29)19-14-25-28(5)15-19/h6-10,14-15,22,24H,11-13,16H2,1-5H3/t22-,24-/m0/s1. The number of benzene rings is 1. The fraction of sp³-hybridized carbons (Fsp3) is 0.458. The van der Waals surface area contributed by atoms with E-state index in [1.807, 2.05) is 87.3 Å². The van der Waals surface area contributed by atoms with Crippen LogP contribution in [0.1, 0.15) is 28.6 Å². The van der Waals surface area contributed by atoms with Gasteiger partial charge < -0.3 is 14.5 Å². The Morgan fingerprint density at radius 3 is 2.62 bits per heavy atom. The Bertz CT molecular complexity index is 1070. The van der Waals surface area contributed by atoms with Crippen molar-refractivity contribution in [2.75, 3.05) is 33.8 Å². The van der Waals surface area contributed by atoms with Gasteiger partial charge in [-0.1, -0.05) is 18.2 Å². The lowest BCUT2D eigenvalue weighted by Gasteiger charge is -2.42. The molecule has 32 heavy (non-hydrogen) atoms. The van der Waals surface area contributed by atoms with Gasteiger partial charge in [-0.3, -0.25) is 9.48 Å². The molecule has 2 aromatic heterocycles. The lowest BCUT2D eigenvalue weighted by Crippen LogP contribution is -2.51. The summed E-state index contributed by atoms with van der Waals surface area (Å²) in [6.45, 7) is 5.83. The normalized spacial score (nSPS) is 19.0. The van der Waals surface area contributed by atoms with E-state index in [0.29, 0.717) is 19.6 Å². The lowest BCUT2D eigenvalue weighted by atomic mass is 9.99. The lowest BCUT2D eigenvalue weighted by molar-refractivity contribution is -0.147. The molecule has 0 spiro atoms. The number of hydrogen-bond donors (Lipinski definition) is 0. The molecule has 170 valence electrons. The predicted octanol–water partition coefficient (Wildman–Crippen LogP) is 2.30. The average molecular weight is 437 g/mol. The van der Waals surface area contributed by atoms with Crippen molar-refractivity contribution in [2.45, 2.75) is 32.4 Å². The molecule has 1 saturated heterocycles. The number of nitrogens with zero attached hydrogens (tertiary/aromatic N) is 6. The minimum Gasteiger partial charge on any atom is -0.373 e. The number of morpholine rings is 1. The highest BCUT2D eigenvalue weighted by molar-refractivity contribution is 5.80. The second kappa shape index (κ2) is 9.26. The second-order valence-electron chi connectivity index (χ2n) is 8.72. The van der Waals surface area contributed by atoms with Crippen LogP contribution in [0, 0.1) is 13.8 Å². The molecule has 1 aromatic carbocycles. The monoisotopic (exact) mass is 436 g/mol. The fourth-order valence-corrected chi connectivity index (χ4v) is 4.52. The van der Waals surface area contributed by atoms with E-state index in [1.54, 1.807) is 4.68 Å². The molecular weight excluding hydrogens is 404 g/mol. The van der Waals surface area contributed by atoms with E-state index in [-0.39, 0.29) is 18.1 Å². The largest absolute Gasteiger partial charge is 0.373 e. The number of likely N-dealkylation sites (N-methyl/N-ethyl adjacent to an activating group) is 1. The number of aromatic nitrogens is 4. The van der Waals surface area contributed by atoms with E-state index in [0.717, 1.165) is 34.7 Å². The van der Waals surface area contributed by atoms with E-state index >= 15 is 0 Å². The first-order valence-electron chi connectivity index (χ1n) is 11.0. The van der Waals surface area contributed by atoms with Crippen LogP contribution in [-0.4, -0.2) is 75.2 Å². The van der Waals surface area contributed by atoms with Gasteiger partial charge in [0, 0.05) is 43.2 Å². The number of carbonyl (C=O) groups is 1. The van der Waals surface area contributed by atoms with E-state index in [4.69, 9.17) is 9.84 Å². The van der Waals surface area contributed by atoms with Gasteiger partial charge in [-0.05, 0) is 40.1 Å². The van der Waals surface area contributed by atoms with Gasteiger partial charge in [0.2, 0.25) is 5.91 Å².